The fourth-order valence-corrected chi connectivity index (χ4v) is 4.92. The van der Waals surface area contributed by atoms with Crippen molar-refractivity contribution in [3.63, 3.8) is 0 Å². The Kier molecular flexibility index (Phi) is 6.43. The zero-order valence-electron chi connectivity index (χ0n) is 20.6. The highest BCUT2D eigenvalue weighted by molar-refractivity contribution is 5.98. The van der Waals surface area contributed by atoms with E-state index in [1.54, 1.807) is 25.1 Å². The molecule has 0 bridgehead atoms. The first kappa shape index (κ1) is 24.2. The van der Waals surface area contributed by atoms with Crippen molar-refractivity contribution in [3.05, 3.63) is 100.0 Å². The van der Waals surface area contributed by atoms with Crippen molar-refractivity contribution < 1.29 is 19.5 Å². The predicted octanol–water partition coefficient (Wildman–Crippen LogP) is 3.69. The molecular formula is C28H27N5O4. The van der Waals surface area contributed by atoms with Crippen LogP contribution in [0.5, 0.6) is 0 Å². The summed E-state index contributed by atoms with van der Waals surface area (Å²) in [4.78, 5) is 42.2. The van der Waals surface area contributed by atoms with E-state index in [0.29, 0.717) is 25.0 Å². The van der Waals surface area contributed by atoms with E-state index in [2.05, 4.69) is 20.7 Å². The molecule has 9 nitrogen and oxygen atoms in total. The van der Waals surface area contributed by atoms with Crippen LogP contribution in [0.25, 0.3) is 5.65 Å². The number of carboxylic acids is 1. The maximum atomic E-state index is 13.4. The van der Waals surface area contributed by atoms with Crippen LogP contribution in [0.3, 0.4) is 0 Å². The molecule has 0 radical (unpaired) electrons. The molecule has 4 aromatic rings. The van der Waals surface area contributed by atoms with Crippen LogP contribution in [0.15, 0.2) is 60.8 Å². The quantitative estimate of drug-likeness (QED) is 0.358. The molecule has 0 saturated carbocycles. The Hall–Kier alpha value is -4.53. The maximum absolute atomic E-state index is 13.4. The zero-order chi connectivity index (χ0) is 26.1. The van der Waals surface area contributed by atoms with E-state index in [9.17, 15) is 19.5 Å². The van der Waals surface area contributed by atoms with Crippen molar-refractivity contribution >= 4 is 23.4 Å². The van der Waals surface area contributed by atoms with Crippen LogP contribution in [-0.2, 0) is 6.42 Å². The lowest BCUT2D eigenvalue weighted by Crippen LogP contribution is -2.31. The molecule has 188 valence electrons. The van der Waals surface area contributed by atoms with Crippen molar-refractivity contribution in [1.82, 2.24) is 25.2 Å². The third kappa shape index (κ3) is 4.67. The van der Waals surface area contributed by atoms with Crippen molar-refractivity contribution in [2.24, 2.45) is 0 Å². The number of aromatic carboxylic acids is 1. The summed E-state index contributed by atoms with van der Waals surface area (Å²) in [6, 6.07) is 16.1. The van der Waals surface area contributed by atoms with E-state index in [0.717, 1.165) is 22.3 Å². The number of aromatic nitrogens is 3. The van der Waals surface area contributed by atoms with E-state index in [4.69, 9.17) is 0 Å². The lowest BCUT2D eigenvalue weighted by molar-refractivity contribution is 0.0695. The summed E-state index contributed by atoms with van der Waals surface area (Å²) < 4.78 is 1.41. The second-order valence-electron chi connectivity index (χ2n) is 9.33. The second-order valence-corrected chi connectivity index (χ2v) is 9.33. The third-order valence-corrected chi connectivity index (χ3v) is 6.99. The van der Waals surface area contributed by atoms with Crippen LogP contribution >= 0.6 is 0 Å². The van der Waals surface area contributed by atoms with E-state index in [1.807, 2.05) is 37.3 Å². The molecule has 37 heavy (non-hydrogen) atoms. The van der Waals surface area contributed by atoms with Gasteiger partial charge in [-0.25, -0.2) is 14.3 Å². The molecule has 2 heterocycles. The Morgan fingerprint density at radius 3 is 2.65 bits per heavy atom. The van der Waals surface area contributed by atoms with Gasteiger partial charge in [-0.2, -0.15) is 5.10 Å². The highest BCUT2D eigenvalue weighted by Gasteiger charge is 2.28. The average molecular weight is 498 g/mol. The molecule has 9 heteroatoms. The Labute approximate surface area is 213 Å². The first-order chi connectivity index (χ1) is 17.8. The van der Waals surface area contributed by atoms with E-state index < -0.39 is 5.97 Å². The Balaban J connectivity index is 1.36. The van der Waals surface area contributed by atoms with Crippen molar-refractivity contribution in [2.45, 2.75) is 38.6 Å². The molecule has 0 spiro atoms. The van der Waals surface area contributed by atoms with Gasteiger partial charge in [0.25, 0.3) is 11.8 Å². The number of carbonyl (C=O) groups is 3. The number of hydrogen-bond acceptors (Lipinski definition) is 5. The van der Waals surface area contributed by atoms with Gasteiger partial charge in [0.15, 0.2) is 5.65 Å². The molecule has 5 rings (SSSR count). The van der Waals surface area contributed by atoms with Crippen LogP contribution in [0.4, 0.5) is 0 Å². The summed E-state index contributed by atoms with van der Waals surface area (Å²) in [6.07, 6.45) is 2.86. The lowest BCUT2D eigenvalue weighted by Gasteiger charge is -2.16. The topological polar surface area (TPSA) is 126 Å². The van der Waals surface area contributed by atoms with E-state index in [1.165, 1.54) is 16.8 Å². The van der Waals surface area contributed by atoms with Gasteiger partial charge in [-0.3, -0.25) is 9.59 Å². The normalized spacial score (nSPS) is 15.2. The largest absolute Gasteiger partial charge is 0.478 e. The van der Waals surface area contributed by atoms with Gasteiger partial charge in [0.05, 0.1) is 17.8 Å². The predicted molar refractivity (Wildman–Crippen MR) is 137 cm³/mol. The van der Waals surface area contributed by atoms with Gasteiger partial charge in [-0.1, -0.05) is 43.3 Å². The molecule has 2 atom stereocenters. The number of hydrogen-bond donors (Lipinski definition) is 3. The minimum Gasteiger partial charge on any atom is -0.478 e. The third-order valence-electron chi connectivity index (χ3n) is 6.99. The van der Waals surface area contributed by atoms with E-state index in [-0.39, 0.29) is 40.7 Å². The van der Waals surface area contributed by atoms with Gasteiger partial charge in [-0.05, 0) is 54.0 Å². The van der Waals surface area contributed by atoms with Crippen molar-refractivity contribution in [3.8, 4) is 0 Å². The van der Waals surface area contributed by atoms with Crippen LogP contribution in [0.1, 0.15) is 78.9 Å². The number of amides is 2. The molecule has 0 saturated heterocycles. The molecule has 1 aliphatic carbocycles. The number of carbonyl (C=O) groups excluding carboxylic acids is 2. The second kappa shape index (κ2) is 9.85. The lowest BCUT2D eigenvalue weighted by atomic mass is 9.98. The van der Waals surface area contributed by atoms with E-state index >= 15 is 0 Å². The molecule has 1 aliphatic rings. The Morgan fingerprint density at radius 1 is 1.11 bits per heavy atom. The molecule has 3 N–H and O–H groups in total. The number of benzene rings is 2. The summed E-state index contributed by atoms with van der Waals surface area (Å²) in [5.74, 6) is -1.61. The number of rotatable bonds is 7. The first-order valence-electron chi connectivity index (χ1n) is 12.2. The average Bonchev–Trinajstić information content (AvgIpc) is 3.54. The zero-order valence-corrected chi connectivity index (χ0v) is 20.6. The van der Waals surface area contributed by atoms with Crippen LogP contribution in [0.2, 0.25) is 0 Å². The van der Waals surface area contributed by atoms with Gasteiger partial charge in [0.2, 0.25) is 0 Å². The van der Waals surface area contributed by atoms with Crippen LogP contribution in [0, 0.1) is 6.92 Å². The molecular weight excluding hydrogens is 470 g/mol. The molecule has 2 aromatic carbocycles. The van der Waals surface area contributed by atoms with Crippen molar-refractivity contribution in [1.29, 1.82) is 0 Å². The minimum absolute atomic E-state index is 0.110. The number of nitrogens with one attached hydrogen (secondary N) is 2. The number of carboxylic acid groups (broad SMARTS) is 1. The van der Waals surface area contributed by atoms with Gasteiger partial charge in [-0.15, -0.1) is 0 Å². The van der Waals surface area contributed by atoms with Crippen LogP contribution in [-0.4, -0.2) is 44.0 Å². The number of nitrogens with zero attached hydrogens (tertiary/aromatic N) is 3. The fourth-order valence-electron chi connectivity index (χ4n) is 4.92. The standard InChI is InChI=1S/C28H27N5O4/c1-16(18-6-4-3-5-7-18)15-29-26(34)23-14-24(33-25(31-23)12-13-30-33)27(35)32-22-11-10-19-17(2)20(28(36)37)8-9-21(19)22/h3-9,12-14,16,22H,10-11,15H2,1-2H3,(H,29,34)(H,32,35)(H,36,37)/t16-,22+/m1/s1. The molecule has 0 unspecified atom stereocenters. The summed E-state index contributed by atoms with van der Waals surface area (Å²) in [6.45, 7) is 4.25. The highest BCUT2D eigenvalue weighted by Crippen LogP contribution is 2.35. The summed E-state index contributed by atoms with van der Waals surface area (Å²) in [5.41, 5.74) is 4.70. The van der Waals surface area contributed by atoms with Gasteiger partial charge in [0, 0.05) is 18.7 Å². The van der Waals surface area contributed by atoms with Gasteiger partial charge < -0.3 is 15.7 Å². The highest BCUT2D eigenvalue weighted by atomic mass is 16.4. The van der Waals surface area contributed by atoms with Gasteiger partial charge >= 0.3 is 5.97 Å². The molecule has 0 aliphatic heterocycles. The van der Waals surface area contributed by atoms with Gasteiger partial charge in [0.1, 0.15) is 11.4 Å². The first-order valence-corrected chi connectivity index (χ1v) is 12.2. The fraction of sp³-hybridized carbons (Fsp3) is 0.250. The minimum atomic E-state index is -0.963. The van der Waals surface area contributed by atoms with Crippen LogP contribution < -0.4 is 10.6 Å². The maximum Gasteiger partial charge on any atom is 0.335 e. The monoisotopic (exact) mass is 497 g/mol. The summed E-state index contributed by atoms with van der Waals surface area (Å²) in [5, 5.41) is 19.6. The summed E-state index contributed by atoms with van der Waals surface area (Å²) in [7, 11) is 0. The van der Waals surface area contributed by atoms with Crippen molar-refractivity contribution in [2.75, 3.05) is 6.54 Å². The summed E-state index contributed by atoms with van der Waals surface area (Å²) >= 11 is 0. The Morgan fingerprint density at radius 2 is 1.89 bits per heavy atom. The number of fused-ring (bicyclic) bond motifs is 2. The molecule has 0 fully saturated rings. The Bertz CT molecular complexity index is 1510. The smallest absolute Gasteiger partial charge is 0.335 e. The SMILES string of the molecule is Cc1c(C(=O)O)ccc2c1CC[C@@H]2NC(=O)c1cc(C(=O)NC[C@@H](C)c2ccccc2)nc2ccnn12. The molecule has 2 aromatic heterocycles. The molecule has 2 amide bonds.